The zero-order chi connectivity index (χ0) is 22.3. The summed E-state index contributed by atoms with van der Waals surface area (Å²) in [5.41, 5.74) is 2.80. The van der Waals surface area contributed by atoms with Gasteiger partial charge >= 0.3 is 0 Å². The van der Waals surface area contributed by atoms with Gasteiger partial charge in [0.25, 0.3) is 5.91 Å². The smallest absolute Gasteiger partial charge is 0.268 e. The lowest BCUT2D eigenvalue weighted by molar-refractivity contribution is 0.0392. The van der Waals surface area contributed by atoms with E-state index in [1.807, 2.05) is 48.5 Å². The highest BCUT2D eigenvalue weighted by molar-refractivity contribution is 5.98. The second-order valence-corrected chi connectivity index (χ2v) is 8.34. The quantitative estimate of drug-likeness (QED) is 0.550. The molecule has 1 amide bonds. The van der Waals surface area contributed by atoms with Gasteiger partial charge in [-0.15, -0.1) is 0 Å². The van der Waals surface area contributed by atoms with E-state index in [4.69, 9.17) is 9.47 Å². The zero-order valence-electron chi connectivity index (χ0n) is 19.0. The minimum Gasteiger partial charge on any atom is -0.492 e. The number of para-hydroxylation sites is 1. The third-order valence-corrected chi connectivity index (χ3v) is 6.24. The maximum Gasteiger partial charge on any atom is 0.268 e. The topological polar surface area (TPSA) is 55.7 Å². The molecule has 2 heterocycles. The molecule has 0 bridgehead atoms. The SMILES string of the molecule is CCn1c(C(=O)NCc2cccc(OCCN(C)C3CCOCC3)c2)cc2ccccc21. The minimum absolute atomic E-state index is 0.0625. The van der Waals surface area contributed by atoms with Gasteiger partial charge < -0.3 is 19.4 Å². The van der Waals surface area contributed by atoms with Crippen molar-refractivity contribution < 1.29 is 14.3 Å². The predicted octanol–water partition coefficient (Wildman–Crippen LogP) is 4.08. The summed E-state index contributed by atoms with van der Waals surface area (Å²) in [6.07, 6.45) is 2.17. The van der Waals surface area contributed by atoms with Crippen LogP contribution in [-0.4, -0.2) is 54.8 Å². The summed E-state index contributed by atoms with van der Waals surface area (Å²) in [6, 6.07) is 18.6. The Bertz CT molecular complexity index is 1040. The number of nitrogens with one attached hydrogen (secondary N) is 1. The van der Waals surface area contributed by atoms with Gasteiger partial charge in [-0.25, -0.2) is 0 Å². The summed E-state index contributed by atoms with van der Waals surface area (Å²) in [7, 11) is 2.15. The Labute approximate surface area is 190 Å². The molecule has 1 N–H and O–H groups in total. The van der Waals surface area contributed by atoms with Crippen LogP contribution in [0.3, 0.4) is 0 Å². The number of carbonyl (C=O) groups excluding carboxylic acids is 1. The van der Waals surface area contributed by atoms with Gasteiger partial charge in [-0.1, -0.05) is 30.3 Å². The molecule has 6 heteroatoms. The molecule has 4 rings (SSSR count). The molecule has 0 radical (unpaired) electrons. The van der Waals surface area contributed by atoms with Gasteiger partial charge in [0.15, 0.2) is 0 Å². The Morgan fingerprint density at radius 2 is 1.97 bits per heavy atom. The van der Waals surface area contributed by atoms with Crippen LogP contribution in [0.2, 0.25) is 0 Å². The van der Waals surface area contributed by atoms with Crippen molar-refractivity contribution in [2.75, 3.05) is 33.4 Å². The zero-order valence-corrected chi connectivity index (χ0v) is 19.0. The maximum absolute atomic E-state index is 12.9. The standard InChI is InChI=1S/C26H33N3O3/c1-3-29-24-10-5-4-8-21(24)18-25(29)26(30)27-19-20-7-6-9-23(17-20)32-16-13-28(2)22-11-14-31-15-12-22/h4-10,17-18,22H,3,11-16,19H2,1-2H3,(H,27,30). The normalized spacial score (nSPS) is 14.7. The molecule has 1 aliphatic heterocycles. The fraction of sp³-hybridized carbons (Fsp3) is 0.423. The lowest BCUT2D eigenvalue weighted by Gasteiger charge is -2.31. The molecule has 0 unspecified atom stereocenters. The number of hydrogen-bond donors (Lipinski definition) is 1. The molecule has 3 aromatic rings. The van der Waals surface area contributed by atoms with Gasteiger partial charge in [0, 0.05) is 49.8 Å². The number of carbonyl (C=O) groups is 1. The van der Waals surface area contributed by atoms with E-state index in [0.29, 0.717) is 24.9 Å². The largest absolute Gasteiger partial charge is 0.492 e. The minimum atomic E-state index is -0.0625. The summed E-state index contributed by atoms with van der Waals surface area (Å²) in [5.74, 6) is 0.771. The molecular formula is C26H33N3O3. The molecule has 1 aromatic heterocycles. The Kier molecular flexibility index (Phi) is 7.45. The van der Waals surface area contributed by atoms with Crippen molar-refractivity contribution in [3.63, 3.8) is 0 Å². The van der Waals surface area contributed by atoms with Crippen molar-refractivity contribution in [1.82, 2.24) is 14.8 Å². The first-order valence-electron chi connectivity index (χ1n) is 11.5. The van der Waals surface area contributed by atoms with Crippen LogP contribution in [-0.2, 0) is 17.8 Å². The molecule has 170 valence electrons. The highest BCUT2D eigenvalue weighted by atomic mass is 16.5. The number of hydrogen-bond acceptors (Lipinski definition) is 4. The van der Waals surface area contributed by atoms with Crippen LogP contribution in [0.25, 0.3) is 10.9 Å². The Balaban J connectivity index is 1.31. The van der Waals surface area contributed by atoms with Crippen LogP contribution in [0.15, 0.2) is 54.6 Å². The summed E-state index contributed by atoms with van der Waals surface area (Å²) >= 11 is 0. The van der Waals surface area contributed by atoms with Gasteiger partial charge in [0.05, 0.1) is 0 Å². The summed E-state index contributed by atoms with van der Waals surface area (Å²) in [6.45, 7) is 6.49. The van der Waals surface area contributed by atoms with Gasteiger partial charge in [-0.05, 0) is 56.6 Å². The fourth-order valence-electron chi connectivity index (χ4n) is 4.37. The molecule has 6 nitrogen and oxygen atoms in total. The molecule has 0 saturated carbocycles. The van der Waals surface area contributed by atoms with Crippen molar-refractivity contribution in [3.05, 3.63) is 65.9 Å². The number of aryl methyl sites for hydroxylation is 1. The van der Waals surface area contributed by atoms with Crippen molar-refractivity contribution >= 4 is 16.8 Å². The second-order valence-electron chi connectivity index (χ2n) is 8.34. The molecule has 0 aliphatic carbocycles. The van der Waals surface area contributed by atoms with Gasteiger partial charge in [0.2, 0.25) is 0 Å². The monoisotopic (exact) mass is 435 g/mol. The summed E-state index contributed by atoms with van der Waals surface area (Å²) < 4.78 is 13.5. The molecule has 1 aliphatic rings. The molecule has 1 saturated heterocycles. The number of fused-ring (bicyclic) bond motifs is 1. The van der Waals surface area contributed by atoms with Crippen molar-refractivity contribution in [3.8, 4) is 5.75 Å². The van der Waals surface area contributed by atoms with Crippen LogP contribution in [0.1, 0.15) is 35.8 Å². The first-order chi connectivity index (χ1) is 15.7. The van der Waals surface area contributed by atoms with Crippen molar-refractivity contribution in [1.29, 1.82) is 0 Å². The third kappa shape index (κ3) is 5.31. The van der Waals surface area contributed by atoms with E-state index in [2.05, 4.69) is 34.8 Å². The van der Waals surface area contributed by atoms with E-state index < -0.39 is 0 Å². The van der Waals surface area contributed by atoms with E-state index in [9.17, 15) is 4.79 Å². The average Bonchev–Trinajstić information content (AvgIpc) is 3.22. The van der Waals surface area contributed by atoms with Crippen LogP contribution in [0, 0.1) is 0 Å². The van der Waals surface area contributed by atoms with Crippen LogP contribution in [0.5, 0.6) is 5.75 Å². The Morgan fingerprint density at radius 3 is 2.78 bits per heavy atom. The molecular weight excluding hydrogens is 402 g/mol. The molecule has 32 heavy (non-hydrogen) atoms. The number of nitrogens with zero attached hydrogens (tertiary/aromatic N) is 2. The lowest BCUT2D eigenvalue weighted by Crippen LogP contribution is -2.38. The molecule has 0 atom stereocenters. The average molecular weight is 436 g/mol. The van der Waals surface area contributed by atoms with E-state index in [1.165, 1.54) is 0 Å². The van der Waals surface area contributed by atoms with E-state index in [-0.39, 0.29) is 5.91 Å². The Morgan fingerprint density at radius 1 is 1.16 bits per heavy atom. The molecule has 2 aromatic carbocycles. The second kappa shape index (κ2) is 10.7. The van der Waals surface area contributed by atoms with Crippen LogP contribution in [0.4, 0.5) is 0 Å². The molecule has 1 fully saturated rings. The fourth-order valence-corrected chi connectivity index (χ4v) is 4.37. The predicted molar refractivity (Wildman–Crippen MR) is 127 cm³/mol. The van der Waals surface area contributed by atoms with E-state index >= 15 is 0 Å². The van der Waals surface area contributed by atoms with Crippen molar-refractivity contribution in [2.24, 2.45) is 0 Å². The number of benzene rings is 2. The number of aromatic nitrogens is 1. The number of rotatable bonds is 9. The van der Waals surface area contributed by atoms with Crippen LogP contribution < -0.4 is 10.1 Å². The van der Waals surface area contributed by atoms with Crippen molar-refractivity contribution in [2.45, 2.75) is 38.9 Å². The highest BCUT2D eigenvalue weighted by Gasteiger charge is 2.18. The first kappa shape index (κ1) is 22.4. The lowest BCUT2D eigenvalue weighted by atomic mass is 10.1. The number of likely N-dealkylation sites (N-methyl/N-ethyl adjacent to an activating group) is 1. The third-order valence-electron chi connectivity index (χ3n) is 6.24. The number of amides is 1. The van der Waals surface area contributed by atoms with Crippen LogP contribution >= 0.6 is 0 Å². The van der Waals surface area contributed by atoms with E-state index in [0.717, 1.165) is 61.4 Å². The summed E-state index contributed by atoms with van der Waals surface area (Å²) in [4.78, 5) is 15.2. The molecule has 0 spiro atoms. The maximum atomic E-state index is 12.9. The van der Waals surface area contributed by atoms with Gasteiger partial charge in [-0.2, -0.15) is 0 Å². The summed E-state index contributed by atoms with van der Waals surface area (Å²) in [5, 5.41) is 4.14. The highest BCUT2D eigenvalue weighted by Crippen LogP contribution is 2.20. The van der Waals surface area contributed by atoms with Gasteiger partial charge in [-0.3, -0.25) is 9.69 Å². The first-order valence-corrected chi connectivity index (χ1v) is 11.5. The Hall–Kier alpha value is -2.83. The van der Waals surface area contributed by atoms with Gasteiger partial charge in [0.1, 0.15) is 18.1 Å². The number of ether oxygens (including phenoxy) is 2. The van der Waals surface area contributed by atoms with E-state index in [1.54, 1.807) is 0 Å².